The predicted molar refractivity (Wildman–Crippen MR) is 182 cm³/mol. The topological polar surface area (TPSA) is 0 Å². The molecule has 0 aromatic heterocycles. The van der Waals surface area contributed by atoms with Crippen molar-refractivity contribution in [2.24, 2.45) is 0 Å². The molecule has 204 valence electrons. The number of allylic oxidation sites excluding steroid dienone is 17. The van der Waals surface area contributed by atoms with Crippen molar-refractivity contribution in [1.82, 2.24) is 0 Å². The van der Waals surface area contributed by atoms with Gasteiger partial charge in [0, 0.05) is 0 Å². The van der Waals surface area contributed by atoms with Gasteiger partial charge in [-0.25, -0.2) is 0 Å². The van der Waals surface area contributed by atoms with Crippen molar-refractivity contribution in [3.8, 4) is 22.3 Å². The first-order valence-electron chi connectivity index (χ1n) is 14.8. The molecule has 0 bridgehead atoms. The Morgan fingerprint density at radius 2 is 1.56 bits per heavy atom. The van der Waals surface area contributed by atoms with Crippen LogP contribution in [0.25, 0.3) is 38.6 Å². The van der Waals surface area contributed by atoms with Gasteiger partial charge in [-0.15, -0.1) is 0 Å². The van der Waals surface area contributed by atoms with Gasteiger partial charge in [-0.1, -0.05) is 152 Å². The molecular weight excluding hydrogens is 492 g/mol. The van der Waals surface area contributed by atoms with Crippen LogP contribution in [-0.2, 0) is 0 Å². The van der Waals surface area contributed by atoms with Crippen LogP contribution in [0.2, 0.25) is 0 Å². The van der Waals surface area contributed by atoms with E-state index in [2.05, 4.69) is 148 Å². The molecule has 0 unspecified atom stereocenters. The molecule has 0 nitrogen and oxygen atoms in total. The van der Waals surface area contributed by atoms with E-state index in [0.717, 1.165) is 31.3 Å². The van der Waals surface area contributed by atoms with Crippen LogP contribution in [-0.4, -0.2) is 0 Å². The Morgan fingerprint density at radius 3 is 2.34 bits per heavy atom. The maximum atomic E-state index is 3.91. The van der Waals surface area contributed by atoms with Gasteiger partial charge in [0.1, 0.15) is 0 Å². The molecule has 0 saturated carbocycles. The standard InChI is InChI=1S/C41H40/c1-5-32-19-14-20-33(32)21-15-22-34(29-31(4)18-11-9-7-6-8-10-17-30(2)3)35-27-28-40-37-24-13-12-23-36(37)39-26-16-25-38(35)41(39)40/h7,9-19,21-29H,2,5-6,8,20H2,1,3-4H3/b9-7+,17-10-,18-11+,21-15+,31-29-,34-22+. The Labute approximate surface area is 246 Å². The number of fused-ring (bicyclic) bond motifs is 3. The summed E-state index contributed by atoms with van der Waals surface area (Å²) in [5.74, 6) is 0. The lowest BCUT2D eigenvalue weighted by Gasteiger charge is -2.11. The number of hydrogen-bond acceptors (Lipinski definition) is 0. The first kappa shape index (κ1) is 28.1. The highest BCUT2D eigenvalue weighted by Gasteiger charge is 2.22. The summed E-state index contributed by atoms with van der Waals surface area (Å²) in [5, 5.41) is 2.67. The van der Waals surface area contributed by atoms with Gasteiger partial charge in [-0.05, 0) is 94.8 Å². The molecule has 2 aliphatic carbocycles. The molecule has 0 N–H and O–H groups in total. The summed E-state index contributed by atoms with van der Waals surface area (Å²) in [7, 11) is 0. The fraction of sp³-hybridized carbons (Fsp3) is 0.171. The lowest BCUT2D eigenvalue weighted by atomic mass is 9.93. The number of benzene rings is 3. The number of unbranched alkanes of at least 4 members (excludes halogenated alkanes) is 1. The van der Waals surface area contributed by atoms with Crippen LogP contribution in [0.15, 0.2) is 156 Å². The van der Waals surface area contributed by atoms with Crippen molar-refractivity contribution in [3.63, 3.8) is 0 Å². The van der Waals surface area contributed by atoms with Crippen LogP contribution in [0.5, 0.6) is 0 Å². The van der Waals surface area contributed by atoms with Crippen molar-refractivity contribution in [2.45, 2.75) is 46.5 Å². The van der Waals surface area contributed by atoms with Crippen molar-refractivity contribution in [1.29, 1.82) is 0 Å². The normalized spacial score (nSPS) is 15.2. The third-order valence-electron chi connectivity index (χ3n) is 7.77. The Balaban J connectivity index is 1.48. The predicted octanol–water partition coefficient (Wildman–Crippen LogP) is 12.1. The van der Waals surface area contributed by atoms with Gasteiger partial charge in [0.15, 0.2) is 0 Å². The molecule has 0 amide bonds. The van der Waals surface area contributed by atoms with Crippen LogP contribution in [0, 0.1) is 0 Å². The molecule has 0 heteroatoms. The minimum atomic E-state index is 1.02. The number of rotatable bonds is 11. The molecule has 41 heavy (non-hydrogen) atoms. The zero-order chi connectivity index (χ0) is 28.6. The van der Waals surface area contributed by atoms with Crippen molar-refractivity contribution < 1.29 is 0 Å². The Morgan fingerprint density at radius 1 is 0.805 bits per heavy atom. The Kier molecular flexibility index (Phi) is 9.12. The Bertz CT molecular complexity index is 1670. The average Bonchev–Trinajstić information content (AvgIpc) is 3.57. The molecule has 5 rings (SSSR count). The van der Waals surface area contributed by atoms with E-state index < -0.39 is 0 Å². The summed E-state index contributed by atoms with van der Waals surface area (Å²) in [6.07, 6.45) is 30.8. The highest BCUT2D eigenvalue weighted by molar-refractivity contribution is 6.17. The molecular formula is C41H40. The molecule has 0 aliphatic heterocycles. The fourth-order valence-corrected chi connectivity index (χ4v) is 5.78. The number of hydrogen-bond donors (Lipinski definition) is 0. The highest BCUT2D eigenvalue weighted by atomic mass is 14.2. The van der Waals surface area contributed by atoms with Crippen molar-refractivity contribution >= 4 is 16.3 Å². The van der Waals surface area contributed by atoms with Gasteiger partial charge >= 0.3 is 0 Å². The van der Waals surface area contributed by atoms with Gasteiger partial charge in [-0.3, -0.25) is 0 Å². The quantitative estimate of drug-likeness (QED) is 0.133. The lowest BCUT2D eigenvalue weighted by Crippen LogP contribution is -1.87. The van der Waals surface area contributed by atoms with Crippen molar-refractivity contribution in [3.05, 3.63) is 162 Å². The Hall–Kier alpha value is -4.42. The molecule has 0 heterocycles. The smallest absolute Gasteiger partial charge is 0.00201 e. The van der Waals surface area contributed by atoms with E-state index in [4.69, 9.17) is 0 Å². The first-order chi connectivity index (χ1) is 20.1. The highest BCUT2D eigenvalue weighted by Crippen LogP contribution is 2.48. The molecule has 0 fully saturated rings. The van der Waals surface area contributed by atoms with E-state index in [1.54, 1.807) is 0 Å². The minimum absolute atomic E-state index is 1.02. The van der Waals surface area contributed by atoms with Crippen LogP contribution in [0.4, 0.5) is 0 Å². The maximum absolute atomic E-state index is 3.91. The van der Waals surface area contributed by atoms with E-state index in [0.29, 0.717) is 0 Å². The first-order valence-corrected chi connectivity index (χ1v) is 14.8. The van der Waals surface area contributed by atoms with E-state index in [-0.39, 0.29) is 0 Å². The van der Waals surface area contributed by atoms with Crippen LogP contribution in [0.3, 0.4) is 0 Å². The molecule has 0 saturated heterocycles. The molecule has 0 atom stereocenters. The van der Waals surface area contributed by atoms with Crippen LogP contribution < -0.4 is 0 Å². The second-order valence-electron chi connectivity index (χ2n) is 10.9. The molecule has 3 aromatic rings. The third kappa shape index (κ3) is 6.50. The molecule has 3 aromatic carbocycles. The summed E-state index contributed by atoms with van der Waals surface area (Å²) in [4.78, 5) is 0. The third-order valence-corrected chi connectivity index (χ3v) is 7.77. The van der Waals surface area contributed by atoms with E-state index in [1.165, 1.54) is 60.9 Å². The van der Waals surface area contributed by atoms with Crippen LogP contribution >= 0.6 is 0 Å². The molecule has 0 radical (unpaired) electrons. The zero-order valence-corrected chi connectivity index (χ0v) is 24.7. The van der Waals surface area contributed by atoms with E-state index in [1.807, 2.05) is 6.92 Å². The van der Waals surface area contributed by atoms with Gasteiger partial charge in [0.2, 0.25) is 0 Å². The summed E-state index contributed by atoms with van der Waals surface area (Å²) in [5.41, 5.74) is 13.0. The molecule has 0 spiro atoms. The monoisotopic (exact) mass is 532 g/mol. The van der Waals surface area contributed by atoms with Gasteiger partial charge in [-0.2, -0.15) is 0 Å². The lowest BCUT2D eigenvalue weighted by molar-refractivity contribution is 1.05. The largest absolute Gasteiger partial charge is 0.0961 e. The van der Waals surface area contributed by atoms with Gasteiger partial charge in [0.05, 0.1) is 0 Å². The maximum Gasteiger partial charge on any atom is -0.00201 e. The van der Waals surface area contributed by atoms with Gasteiger partial charge in [0.25, 0.3) is 0 Å². The SMILES string of the molecule is C=C(C)/C=C\CC/C=C/C=C/C(C)=C\C(=C/C=C/C1=C(CC)C=CC1)c1ccc2c3c(cccc13)-c1ccccc1-2. The fourth-order valence-electron chi connectivity index (χ4n) is 5.78. The second kappa shape index (κ2) is 13.3. The van der Waals surface area contributed by atoms with Crippen LogP contribution in [0.1, 0.15) is 52.0 Å². The van der Waals surface area contributed by atoms with Gasteiger partial charge < -0.3 is 0 Å². The van der Waals surface area contributed by atoms with E-state index >= 15 is 0 Å². The van der Waals surface area contributed by atoms with E-state index in [9.17, 15) is 0 Å². The summed E-state index contributed by atoms with van der Waals surface area (Å²) >= 11 is 0. The average molecular weight is 533 g/mol. The molecule has 2 aliphatic rings. The summed E-state index contributed by atoms with van der Waals surface area (Å²) in [6.45, 7) is 10.4. The summed E-state index contributed by atoms with van der Waals surface area (Å²) in [6, 6.07) is 20.2. The minimum Gasteiger partial charge on any atom is -0.0961 e. The summed E-state index contributed by atoms with van der Waals surface area (Å²) < 4.78 is 0. The second-order valence-corrected chi connectivity index (χ2v) is 10.9. The van der Waals surface area contributed by atoms with Crippen molar-refractivity contribution in [2.75, 3.05) is 0 Å². The zero-order valence-electron chi connectivity index (χ0n) is 24.7.